The number of hydrogen-bond acceptors (Lipinski definition) is 3. The second-order valence-electron chi connectivity index (χ2n) is 4.88. The van der Waals surface area contributed by atoms with E-state index in [4.69, 9.17) is 5.73 Å². The van der Waals surface area contributed by atoms with Crippen molar-refractivity contribution in [3.8, 4) is 0 Å². The highest BCUT2D eigenvalue weighted by Gasteiger charge is 2.25. The SMILES string of the molecule is CCC(CC)(CN)NC(=O)CCCC(=O)N(C)C. The fourth-order valence-electron chi connectivity index (χ4n) is 1.75. The second-order valence-corrected chi connectivity index (χ2v) is 4.88. The zero-order valence-corrected chi connectivity index (χ0v) is 12.1. The normalized spacial score (nSPS) is 11.2. The molecule has 0 saturated heterocycles. The zero-order chi connectivity index (χ0) is 14.2. The molecule has 0 bridgehead atoms. The molecule has 0 aromatic heterocycles. The maximum Gasteiger partial charge on any atom is 0.222 e. The van der Waals surface area contributed by atoms with Crippen LogP contribution in [-0.2, 0) is 9.59 Å². The van der Waals surface area contributed by atoms with Crippen molar-refractivity contribution in [2.24, 2.45) is 5.73 Å². The topological polar surface area (TPSA) is 75.4 Å². The van der Waals surface area contributed by atoms with Gasteiger partial charge in [-0.2, -0.15) is 0 Å². The van der Waals surface area contributed by atoms with E-state index >= 15 is 0 Å². The Morgan fingerprint density at radius 1 is 1.17 bits per heavy atom. The third-order valence-corrected chi connectivity index (χ3v) is 3.44. The first-order chi connectivity index (χ1) is 8.40. The molecule has 5 nitrogen and oxygen atoms in total. The number of carbonyl (C=O) groups excluding carboxylic acids is 2. The molecule has 2 amide bonds. The molecule has 0 aliphatic rings. The van der Waals surface area contributed by atoms with E-state index in [1.807, 2.05) is 13.8 Å². The van der Waals surface area contributed by atoms with Crippen molar-refractivity contribution in [1.82, 2.24) is 10.2 Å². The molecule has 0 aliphatic carbocycles. The molecule has 0 heterocycles. The Balaban J connectivity index is 4.07. The lowest BCUT2D eigenvalue weighted by molar-refractivity contribution is -0.129. The summed E-state index contributed by atoms with van der Waals surface area (Å²) in [6.45, 7) is 4.49. The summed E-state index contributed by atoms with van der Waals surface area (Å²) in [5.41, 5.74) is 5.43. The van der Waals surface area contributed by atoms with Crippen molar-refractivity contribution < 1.29 is 9.59 Å². The molecule has 0 spiro atoms. The summed E-state index contributed by atoms with van der Waals surface area (Å²) >= 11 is 0. The highest BCUT2D eigenvalue weighted by molar-refractivity contribution is 5.79. The van der Waals surface area contributed by atoms with E-state index in [1.165, 1.54) is 0 Å². The third kappa shape index (κ3) is 5.49. The molecule has 0 fully saturated rings. The monoisotopic (exact) mass is 257 g/mol. The average molecular weight is 257 g/mol. The van der Waals surface area contributed by atoms with Crippen molar-refractivity contribution >= 4 is 11.8 Å². The first kappa shape index (κ1) is 16.9. The van der Waals surface area contributed by atoms with E-state index < -0.39 is 0 Å². The Hall–Kier alpha value is -1.10. The summed E-state index contributed by atoms with van der Waals surface area (Å²) in [7, 11) is 3.44. The molecule has 0 unspecified atom stereocenters. The van der Waals surface area contributed by atoms with Crippen LogP contribution in [0.1, 0.15) is 46.0 Å². The van der Waals surface area contributed by atoms with Gasteiger partial charge in [-0.1, -0.05) is 13.8 Å². The maximum atomic E-state index is 11.8. The Bertz CT molecular complexity index is 265. The molecule has 106 valence electrons. The lowest BCUT2D eigenvalue weighted by atomic mass is 9.92. The smallest absolute Gasteiger partial charge is 0.222 e. The van der Waals surface area contributed by atoms with Crippen molar-refractivity contribution in [1.29, 1.82) is 0 Å². The molecular weight excluding hydrogens is 230 g/mol. The first-order valence-corrected chi connectivity index (χ1v) is 6.62. The van der Waals surface area contributed by atoms with Gasteiger partial charge in [0.05, 0.1) is 5.54 Å². The maximum absolute atomic E-state index is 11.8. The lowest BCUT2D eigenvalue weighted by Gasteiger charge is -2.31. The van der Waals surface area contributed by atoms with Crippen molar-refractivity contribution in [2.45, 2.75) is 51.5 Å². The van der Waals surface area contributed by atoms with Crippen LogP contribution in [0, 0.1) is 0 Å². The molecule has 3 N–H and O–H groups in total. The zero-order valence-electron chi connectivity index (χ0n) is 12.1. The van der Waals surface area contributed by atoms with E-state index in [-0.39, 0.29) is 17.4 Å². The molecule has 0 saturated carbocycles. The number of amides is 2. The van der Waals surface area contributed by atoms with Crippen LogP contribution in [0.25, 0.3) is 0 Å². The van der Waals surface area contributed by atoms with E-state index in [0.717, 1.165) is 12.8 Å². The van der Waals surface area contributed by atoms with Gasteiger partial charge >= 0.3 is 0 Å². The fourth-order valence-corrected chi connectivity index (χ4v) is 1.75. The molecule has 0 atom stereocenters. The minimum atomic E-state index is -0.289. The van der Waals surface area contributed by atoms with Gasteiger partial charge in [-0.3, -0.25) is 9.59 Å². The molecular formula is C13H27N3O2. The van der Waals surface area contributed by atoms with E-state index in [0.29, 0.717) is 25.8 Å². The number of carbonyl (C=O) groups is 2. The van der Waals surface area contributed by atoms with Gasteiger partial charge in [0.25, 0.3) is 0 Å². The molecule has 0 aliphatic heterocycles. The first-order valence-electron chi connectivity index (χ1n) is 6.62. The summed E-state index contributed by atoms with van der Waals surface area (Å²) in [6.07, 6.45) is 3.01. The number of nitrogens with zero attached hydrogens (tertiary/aromatic N) is 1. The molecule has 5 heteroatoms. The molecule has 0 radical (unpaired) electrons. The highest BCUT2D eigenvalue weighted by Crippen LogP contribution is 2.13. The number of nitrogens with two attached hydrogens (primary N) is 1. The van der Waals surface area contributed by atoms with Gasteiger partial charge in [-0.15, -0.1) is 0 Å². The third-order valence-electron chi connectivity index (χ3n) is 3.44. The minimum absolute atomic E-state index is 0.0179. The Morgan fingerprint density at radius 2 is 1.72 bits per heavy atom. The van der Waals surface area contributed by atoms with Gasteiger partial charge in [0, 0.05) is 33.5 Å². The van der Waals surface area contributed by atoms with E-state index in [2.05, 4.69) is 5.32 Å². The summed E-state index contributed by atoms with van der Waals surface area (Å²) in [5.74, 6) is 0.0366. The molecule has 0 aromatic carbocycles. The molecule has 0 aromatic rings. The van der Waals surface area contributed by atoms with Gasteiger partial charge in [0.2, 0.25) is 11.8 Å². The summed E-state index contributed by atoms with van der Waals surface area (Å²) < 4.78 is 0. The average Bonchev–Trinajstić information content (AvgIpc) is 2.35. The van der Waals surface area contributed by atoms with Crippen LogP contribution < -0.4 is 11.1 Å². The number of rotatable bonds is 8. The number of hydrogen-bond donors (Lipinski definition) is 2. The molecule has 0 rings (SSSR count). The van der Waals surface area contributed by atoms with Gasteiger partial charge in [0.1, 0.15) is 0 Å². The Kier molecular flexibility index (Phi) is 7.59. The van der Waals surface area contributed by atoms with E-state index in [9.17, 15) is 9.59 Å². The quantitative estimate of drug-likeness (QED) is 0.677. The van der Waals surface area contributed by atoms with Crippen LogP contribution in [0.2, 0.25) is 0 Å². The summed E-state index contributed by atoms with van der Waals surface area (Å²) in [5, 5.41) is 2.99. The predicted octanol–water partition coefficient (Wildman–Crippen LogP) is 0.879. The summed E-state index contributed by atoms with van der Waals surface area (Å²) in [6, 6.07) is 0. The highest BCUT2D eigenvalue weighted by atomic mass is 16.2. The van der Waals surface area contributed by atoms with Crippen LogP contribution in [0.3, 0.4) is 0 Å². The van der Waals surface area contributed by atoms with E-state index in [1.54, 1.807) is 19.0 Å². The minimum Gasteiger partial charge on any atom is -0.349 e. The van der Waals surface area contributed by atoms with Crippen LogP contribution in [0.5, 0.6) is 0 Å². The Labute approximate surface area is 110 Å². The standard InChI is InChI=1S/C13H27N3O2/c1-5-13(6-2,10-14)15-11(17)8-7-9-12(18)16(3)4/h5-10,14H2,1-4H3,(H,15,17). The van der Waals surface area contributed by atoms with Crippen LogP contribution in [0.15, 0.2) is 0 Å². The number of nitrogens with one attached hydrogen (secondary N) is 1. The van der Waals surface area contributed by atoms with Crippen molar-refractivity contribution in [3.05, 3.63) is 0 Å². The van der Waals surface area contributed by atoms with Gasteiger partial charge < -0.3 is 16.0 Å². The van der Waals surface area contributed by atoms with Crippen molar-refractivity contribution in [3.63, 3.8) is 0 Å². The van der Waals surface area contributed by atoms with Crippen LogP contribution >= 0.6 is 0 Å². The largest absolute Gasteiger partial charge is 0.349 e. The van der Waals surface area contributed by atoms with Gasteiger partial charge in [0.15, 0.2) is 0 Å². The van der Waals surface area contributed by atoms with Gasteiger partial charge in [-0.05, 0) is 19.3 Å². The summed E-state index contributed by atoms with van der Waals surface area (Å²) in [4.78, 5) is 24.7. The van der Waals surface area contributed by atoms with Crippen LogP contribution in [0.4, 0.5) is 0 Å². The molecule has 18 heavy (non-hydrogen) atoms. The Morgan fingerprint density at radius 3 is 2.11 bits per heavy atom. The fraction of sp³-hybridized carbons (Fsp3) is 0.846. The second kappa shape index (κ2) is 8.08. The van der Waals surface area contributed by atoms with Crippen molar-refractivity contribution in [2.75, 3.05) is 20.6 Å². The van der Waals surface area contributed by atoms with Gasteiger partial charge in [-0.25, -0.2) is 0 Å². The van der Waals surface area contributed by atoms with Crippen LogP contribution in [-0.4, -0.2) is 42.9 Å². The predicted molar refractivity (Wildman–Crippen MR) is 73.1 cm³/mol. The lowest BCUT2D eigenvalue weighted by Crippen LogP contribution is -2.52.